The smallest absolute Gasteiger partial charge is 0.307 e. The van der Waals surface area contributed by atoms with Crippen LogP contribution in [0.25, 0.3) is 0 Å². The monoisotopic (exact) mass is 850 g/mol. The van der Waals surface area contributed by atoms with Gasteiger partial charge in [-0.15, -0.1) is 0 Å². The molecule has 0 aromatic rings. The van der Waals surface area contributed by atoms with Crippen LogP contribution in [-0.2, 0) is 100 Å². The lowest BCUT2D eigenvalue weighted by Gasteiger charge is -2.18. The molecule has 0 aliphatic rings. The standard InChI is InChI=1S/C16H22O9.C13H22O9.C9H14O3/c1-4-13(20)23-7-10(17)16(11(18)8-24-14(21)5-2)12(19)9-25-15(22)6-3;1-4-10(14)17-7-20-13(21-8-18-11(15)5-2)22-9-19-12(16)6-3;1-4-7(11)9(6(3)10)8(12)5-2/h16H,4-9H2,1-3H3;13H,4-9H2,1-3H3;9H,4-5H2,1-3H3. The molecule has 0 bridgehead atoms. The molecule has 0 saturated heterocycles. The maximum Gasteiger partial charge on any atom is 0.307 e. The van der Waals surface area contributed by atoms with Gasteiger partial charge < -0.3 is 28.4 Å². The second kappa shape index (κ2) is 35.8. The Hall–Kier alpha value is -5.28. The predicted octanol–water partition coefficient (Wildman–Crippen LogP) is 2.37. The van der Waals surface area contributed by atoms with E-state index in [1.54, 1.807) is 34.6 Å². The van der Waals surface area contributed by atoms with Crippen molar-refractivity contribution in [3.05, 3.63) is 0 Å². The van der Waals surface area contributed by atoms with Crippen molar-refractivity contribution in [1.82, 2.24) is 0 Å². The molecule has 59 heavy (non-hydrogen) atoms. The normalized spacial score (nSPS) is 10.2. The number of ether oxygens (including phenoxy) is 9. The quantitative estimate of drug-likeness (QED) is 0.0452. The van der Waals surface area contributed by atoms with E-state index >= 15 is 0 Å². The Bertz CT molecular complexity index is 1260. The molecule has 0 heterocycles. The Morgan fingerprint density at radius 1 is 0.322 bits per heavy atom. The van der Waals surface area contributed by atoms with Gasteiger partial charge in [0.15, 0.2) is 69.1 Å². The van der Waals surface area contributed by atoms with Crippen molar-refractivity contribution < 1.29 is 100 Å². The number of esters is 6. The number of hydrogen-bond donors (Lipinski definition) is 0. The highest BCUT2D eigenvalue weighted by atomic mass is 16.9. The summed E-state index contributed by atoms with van der Waals surface area (Å²) >= 11 is 0. The summed E-state index contributed by atoms with van der Waals surface area (Å²) in [6.07, 6.45) is 1.12. The first-order valence-corrected chi connectivity index (χ1v) is 18.8. The van der Waals surface area contributed by atoms with Gasteiger partial charge in [-0.25, -0.2) is 0 Å². The largest absolute Gasteiger partial charge is 0.458 e. The highest BCUT2D eigenvalue weighted by Gasteiger charge is 2.35. The van der Waals surface area contributed by atoms with Gasteiger partial charge in [-0.05, 0) is 6.92 Å². The van der Waals surface area contributed by atoms with E-state index < -0.39 is 112 Å². The van der Waals surface area contributed by atoms with Gasteiger partial charge >= 0.3 is 35.8 Å². The fourth-order valence-corrected chi connectivity index (χ4v) is 3.51. The fraction of sp³-hybridized carbons (Fsp3) is 0.684. The Labute approximate surface area is 342 Å². The third kappa shape index (κ3) is 29.6. The highest BCUT2D eigenvalue weighted by Crippen LogP contribution is 2.09. The van der Waals surface area contributed by atoms with Crippen molar-refractivity contribution >= 4 is 70.5 Å². The molecule has 0 aliphatic heterocycles. The van der Waals surface area contributed by atoms with Gasteiger partial charge in [-0.2, -0.15) is 0 Å². The molecule has 0 unspecified atom stereocenters. The average molecular weight is 851 g/mol. The first kappa shape index (κ1) is 58.0. The minimum absolute atomic E-state index is 0.0159. The second-order valence-corrected chi connectivity index (χ2v) is 11.3. The Balaban J connectivity index is -0.000000844. The number of rotatable bonds is 29. The molecule has 0 fully saturated rings. The molecule has 0 atom stereocenters. The minimum Gasteiger partial charge on any atom is -0.458 e. The molecule has 0 spiro atoms. The summed E-state index contributed by atoms with van der Waals surface area (Å²) in [6, 6.07) is 0. The molecule has 0 aliphatic carbocycles. The van der Waals surface area contributed by atoms with Crippen molar-refractivity contribution in [1.29, 1.82) is 0 Å². The minimum atomic E-state index is -1.83. The zero-order valence-corrected chi connectivity index (χ0v) is 35.2. The van der Waals surface area contributed by atoms with E-state index in [-0.39, 0.29) is 68.7 Å². The highest BCUT2D eigenvalue weighted by molar-refractivity contribution is 6.21. The maximum absolute atomic E-state index is 12.1. The molecule has 0 aromatic heterocycles. The molecule has 0 saturated carbocycles. The maximum atomic E-state index is 12.1. The van der Waals surface area contributed by atoms with E-state index in [1.807, 2.05) is 0 Å². The molecule has 0 aromatic carbocycles. The van der Waals surface area contributed by atoms with Crippen molar-refractivity contribution in [3.8, 4) is 0 Å². The number of carbonyl (C=O) groups excluding carboxylic acids is 12. The third-order valence-electron chi connectivity index (χ3n) is 6.84. The van der Waals surface area contributed by atoms with E-state index in [0.29, 0.717) is 0 Å². The number of carbonyl (C=O) groups is 12. The molecule has 21 heteroatoms. The summed E-state index contributed by atoms with van der Waals surface area (Å²) in [5.41, 5.74) is 0. The fourth-order valence-electron chi connectivity index (χ4n) is 3.51. The van der Waals surface area contributed by atoms with Crippen LogP contribution in [0, 0.1) is 11.8 Å². The van der Waals surface area contributed by atoms with Crippen LogP contribution in [0.4, 0.5) is 0 Å². The van der Waals surface area contributed by atoms with Crippen molar-refractivity contribution in [3.63, 3.8) is 0 Å². The third-order valence-corrected chi connectivity index (χ3v) is 6.84. The molecule has 0 radical (unpaired) electrons. The summed E-state index contributed by atoms with van der Waals surface area (Å²) in [4.78, 5) is 136. The van der Waals surface area contributed by atoms with Gasteiger partial charge in [0.05, 0.1) is 0 Å². The first-order valence-electron chi connectivity index (χ1n) is 18.8. The number of Topliss-reactive ketones (excluding diaryl/α,β-unsaturated/α-hetero) is 6. The lowest BCUT2D eigenvalue weighted by atomic mass is 9.92. The van der Waals surface area contributed by atoms with Crippen LogP contribution in [-0.4, -0.2) is 117 Å². The summed E-state index contributed by atoms with van der Waals surface area (Å²) in [5.74, 6) is -10.1. The Morgan fingerprint density at radius 2 is 0.559 bits per heavy atom. The van der Waals surface area contributed by atoms with E-state index in [4.69, 9.17) is 14.2 Å². The zero-order chi connectivity index (χ0) is 45.9. The van der Waals surface area contributed by atoms with Crippen molar-refractivity contribution in [2.75, 3.05) is 40.2 Å². The van der Waals surface area contributed by atoms with Crippen molar-refractivity contribution in [2.45, 2.75) is 120 Å². The molecular weight excluding hydrogens is 792 g/mol. The number of hydrogen-bond acceptors (Lipinski definition) is 21. The van der Waals surface area contributed by atoms with E-state index in [1.165, 1.54) is 27.7 Å². The van der Waals surface area contributed by atoms with Crippen LogP contribution >= 0.6 is 0 Å². The van der Waals surface area contributed by atoms with Crippen LogP contribution in [0.5, 0.6) is 0 Å². The van der Waals surface area contributed by atoms with Crippen LogP contribution < -0.4 is 0 Å². The van der Waals surface area contributed by atoms with Crippen LogP contribution in [0.2, 0.25) is 0 Å². The van der Waals surface area contributed by atoms with Crippen molar-refractivity contribution in [2.24, 2.45) is 11.8 Å². The first-order chi connectivity index (χ1) is 27.8. The van der Waals surface area contributed by atoms with E-state index in [9.17, 15) is 57.5 Å². The molecule has 336 valence electrons. The summed E-state index contributed by atoms with van der Waals surface area (Å²) in [6.45, 7) is 9.09. The van der Waals surface area contributed by atoms with Crippen LogP contribution in [0.15, 0.2) is 0 Å². The predicted molar refractivity (Wildman–Crippen MR) is 198 cm³/mol. The molecule has 0 amide bonds. The summed E-state index contributed by atoms with van der Waals surface area (Å²) in [7, 11) is 0. The van der Waals surface area contributed by atoms with Gasteiger partial charge in [0.25, 0.3) is 6.48 Å². The van der Waals surface area contributed by atoms with Gasteiger partial charge in [0.2, 0.25) is 0 Å². The molecule has 0 rings (SSSR count). The number of ketones is 6. The van der Waals surface area contributed by atoms with Gasteiger partial charge in [-0.3, -0.25) is 71.7 Å². The van der Waals surface area contributed by atoms with Gasteiger partial charge in [0.1, 0.15) is 17.6 Å². The van der Waals surface area contributed by atoms with E-state index in [0.717, 1.165) is 0 Å². The summed E-state index contributed by atoms with van der Waals surface area (Å²) < 4.78 is 42.8. The second-order valence-electron chi connectivity index (χ2n) is 11.3. The Kier molecular flexibility index (Phi) is 35.3. The average Bonchev–Trinajstić information content (AvgIpc) is 3.23. The molecular formula is C38H58O21. The van der Waals surface area contributed by atoms with E-state index in [2.05, 4.69) is 28.4 Å². The Morgan fingerprint density at radius 3 is 0.763 bits per heavy atom. The van der Waals surface area contributed by atoms with Gasteiger partial charge in [0, 0.05) is 51.4 Å². The lowest BCUT2D eigenvalue weighted by molar-refractivity contribution is -0.340. The molecule has 21 nitrogen and oxygen atoms in total. The lowest BCUT2D eigenvalue weighted by Crippen LogP contribution is -2.39. The molecule has 0 N–H and O–H groups in total. The van der Waals surface area contributed by atoms with Gasteiger partial charge in [-0.1, -0.05) is 55.4 Å². The van der Waals surface area contributed by atoms with Crippen LogP contribution in [0.3, 0.4) is 0 Å². The summed E-state index contributed by atoms with van der Waals surface area (Å²) in [5, 5.41) is 0. The topological polar surface area (TPSA) is 288 Å². The van der Waals surface area contributed by atoms with Crippen LogP contribution in [0.1, 0.15) is 114 Å². The zero-order valence-electron chi connectivity index (χ0n) is 35.2. The SMILES string of the molecule is CCC(=O)C(C(C)=O)C(=O)CC.CCC(=O)OCC(=O)C(C(=O)COC(=O)CC)C(=O)COC(=O)CC.CCC(=O)OCOC(OCOC(=O)CC)OCOC(=O)CC.